The molecule has 0 amide bonds. The molecule has 0 aromatic carbocycles. The highest BCUT2D eigenvalue weighted by Crippen LogP contribution is 2.36. The van der Waals surface area contributed by atoms with Crippen molar-refractivity contribution in [3.8, 4) is 0 Å². The van der Waals surface area contributed by atoms with Crippen LogP contribution in [0.5, 0.6) is 0 Å². The molecule has 0 aliphatic heterocycles. The van der Waals surface area contributed by atoms with E-state index in [9.17, 15) is 0 Å². The molecule has 5 nitrogen and oxygen atoms in total. The first kappa shape index (κ1) is 10.4. The summed E-state index contributed by atoms with van der Waals surface area (Å²) < 4.78 is 0. The lowest BCUT2D eigenvalue weighted by Gasteiger charge is -2.27. The summed E-state index contributed by atoms with van der Waals surface area (Å²) in [6.45, 7) is 0. The standard InChI is InChI=1S/C12H15N5/c13-11(10-7-15-17-16-10)9-5-1-3-8-4-2-6-14-12(8)9/h2,4,6-7,9,11H,1,3,5,13H2,(H,15,16,17). The van der Waals surface area contributed by atoms with Gasteiger partial charge >= 0.3 is 0 Å². The van der Waals surface area contributed by atoms with Gasteiger partial charge < -0.3 is 5.73 Å². The highest BCUT2D eigenvalue weighted by atomic mass is 15.3. The largest absolute Gasteiger partial charge is 0.322 e. The van der Waals surface area contributed by atoms with Gasteiger partial charge in [-0.3, -0.25) is 4.98 Å². The molecule has 88 valence electrons. The first-order chi connectivity index (χ1) is 8.36. The van der Waals surface area contributed by atoms with Crippen LogP contribution in [0, 0.1) is 0 Å². The number of hydrogen-bond donors (Lipinski definition) is 2. The number of aryl methyl sites for hydroxylation is 1. The average molecular weight is 229 g/mol. The summed E-state index contributed by atoms with van der Waals surface area (Å²) in [5.74, 6) is 0.255. The highest BCUT2D eigenvalue weighted by molar-refractivity contribution is 5.28. The first-order valence-electron chi connectivity index (χ1n) is 5.91. The zero-order chi connectivity index (χ0) is 11.7. The van der Waals surface area contributed by atoms with Crippen LogP contribution in [-0.2, 0) is 6.42 Å². The Balaban J connectivity index is 1.95. The fourth-order valence-electron chi connectivity index (χ4n) is 2.57. The third-order valence-corrected chi connectivity index (χ3v) is 3.45. The van der Waals surface area contributed by atoms with Gasteiger partial charge in [0.15, 0.2) is 0 Å². The average Bonchev–Trinajstić information content (AvgIpc) is 2.91. The lowest BCUT2D eigenvalue weighted by atomic mass is 9.81. The van der Waals surface area contributed by atoms with E-state index in [1.807, 2.05) is 12.3 Å². The number of aromatic amines is 1. The molecule has 2 unspecified atom stereocenters. The van der Waals surface area contributed by atoms with Crippen molar-refractivity contribution in [3.63, 3.8) is 0 Å². The number of fused-ring (bicyclic) bond motifs is 1. The minimum Gasteiger partial charge on any atom is -0.322 e. The summed E-state index contributed by atoms with van der Waals surface area (Å²) in [5.41, 5.74) is 9.54. The Morgan fingerprint density at radius 3 is 3.24 bits per heavy atom. The van der Waals surface area contributed by atoms with Crippen LogP contribution in [0.3, 0.4) is 0 Å². The topological polar surface area (TPSA) is 80.5 Å². The summed E-state index contributed by atoms with van der Waals surface area (Å²) in [4.78, 5) is 4.49. The summed E-state index contributed by atoms with van der Waals surface area (Å²) in [7, 11) is 0. The van der Waals surface area contributed by atoms with Crippen LogP contribution in [0.2, 0.25) is 0 Å². The van der Waals surface area contributed by atoms with Crippen LogP contribution in [0.1, 0.15) is 41.8 Å². The quantitative estimate of drug-likeness (QED) is 0.813. The van der Waals surface area contributed by atoms with E-state index in [0.717, 1.165) is 30.7 Å². The molecule has 1 aliphatic carbocycles. The fourth-order valence-corrected chi connectivity index (χ4v) is 2.57. The van der Waals surface area contributed by atoms with Crippen molar-refractivity contribution < 1.29 is 0 Å². The maximum Gasteiger partial charge on any atom is 0.0998 e. The van der Waals surface area contributed by atoms with Gasteiger partial charge in [0, 0.05) is 17.8 Å². The van der Waals surface area contributed by atoms with Crippen LogP contribution in [0.15, 0.2) is 24.5 Å². The summed E-state index contributed by atoms with van der Waals surface area (Å²) in [6, 6.07) is 4.01. The van der Waals surface area contributed by atoms with Gasteiger partial charge in [0.2, 0.25) is 0 Å². The predicted molar refractivity (Wildman–Crippen MR) is 63.2 cm³/mol. The number of pyridine rings is 1. The zero-order valence-electron chi connectivity index (χ0n) is 9.50. The molecule has 5 heteroatoms. The molecule has 1 aliphatic rings. The molecule has 3 rings (SSSR count). The van der Waals surface area contributed by atoms with Crippen LogP contribution in [0.25, 0.3) is 0 Å². The second-order valence-corrected chi connectivity index (χ2v) is 4.47. The van der Waals surface area contributed by atoms with Crippen LogP contribution < -0.4 is 5.73 Å². The van der Waals surface area contributed by atoms with Gasteiger partial charge in [-0.25, -0.2) is 0 Å². The molecule has 0 saturated heterocycles. The van der Waals surface area contributed by atoms with E-state index >= 15 is 0 Å². The fraction of sp³-hybridized carbons (Fsp3) is 0.417. The second-order valence-electron chi connectivity index (χ2n) is 4.47. The Kier molecular flexibility index (Phi) is 2.60. The molecule has 0 bridgehead atoms. The molecule has 2 aromatic heterocycles. The number of rotatable bonds is 2. The van der Waals surface area contributed by atoms with Gasteiger partial charge in [-0.1, -0.05) is 6.07 Å². The lowest BCUT2D eigenvalue weighted by molar-refractivity contribution is 0.456. The summed E-state index contributed by atoms with van der Waals surface area (Å²) in [6.07, 6.45) is 6.87. The van der Waals surface area contributed by atoms with Crippen LogP contribution in [-0.4, -0.2) is 20.4 Å². The Morgan fingerprint density at radius 1 is 1.47 bits per heavy atom. The molecule has 0 radical (unpaired) electrons. The Labute approximate surface area is 99.5 Å². The van der Waals surface area contributed by atoms with Crippen molar-refractivity contribution in [2.45, 2.75) is 31.2 Å². The molecule has 0 saturated carbocycles. The van der Waals surface area contributed by atoms with E-state index in [2.05, 4.69) is 26.5 Å². The van der Waals surface area contributed by atoms with E-state index < -0.39 is 0 Å². The third-order valence-electron chi connectivity index (χ3n) is 3.45. The van der Waals surface area contributed by atoms with E-state index in [0.29, 0.717) is 0 Å². The van der Waals surface area contributed by atoms with E-state index in [1.54, 1.807) is 6.20 Å². The van der Waals surface area contributed by atoms with Crippen molar-refractivity contribution >= 4 is 0 Å². The minimum absolute atomic E-state index is 0.123. The smallest absolute Gasteiger partial charge is 0.0998 e. The number of aromatic nitrogens is 4. The Bertz CT molecular complexity index is 493. The van der Waals surface area contributed by atoms with E-state index in [-0.39, 0.29) is 12.0 Å². The maximum absolute atomic E-state index is 6.27. The SMILES string of the molecule is NC(c1cn[nH]n1)C1CCCc2cccnc21. The lowest BCUT2D eigenvalue weighted by Crippen LogP contribution is -2.24. The van der Waals surface area contributed by atoms with Gasteiger partial charge in [-0.2, -0.15) is 15.4 Å². The molecule has 2 atom stereocenters. The summed E-state index contributed by atoms with van der Waals surface area (Å²) in [5, 5.41) is 10.5. The first-order valence-corrected chi connectivity index (χ1v) is 5.91. The molecule has 2 aromatic rings. The van der Waals surface area contributed by atoms with Gasteiger partial charge in [0.25, 0.3) is 0 Å². The molecule has 3 N–H and O–H groups in total. The second kappa shape index (κ2) is 4.25. The predicted octanol–water partition coefficient (Wildman–Crippen LogP) is 1.32. The van der Waals surface area contributed by atoms with Gasteiger partial charge in [0.1, 0.15) is 0 Å². The monoisotopic (exact) mass is 229 g/mol. The Morgan fingerprint density at radius 2 is 2.41 bits per heavy atom. The van der Waals surface area contributed by atoms with Gasteiger partial charge in [-0.15, -0.1) is 0 Å². The van der Waals surface area contributed by atoms with Gasteiger partial charge in [-0.05, 0) is 30.9 Å². The Hall–Kier alpha value is -1.75. The zero-order valence-corrected chi connectivity index (χ0v) is 9.50. The molecular weight excluding hydrogens is 214 g/mol. The molecule has 0 fully saturated rings. The van der Waals surface area contributed by atoms with Crippen molar-refractivity contribution in [2.75, 3.05) is 0 Å². The number of nitrogens with one attached hydrogen (secondary N) is 1. The maximum atomic E-state index is 6.27. The molecule has 0 spiro atoms. The third kappa shape index (κ3) is 1.82. The summed E-state index contributed by atoms with van der Waals surface area (Å²) >= 11 is 0. The number of nitrogens with two attached hydrogens (primary N) is 1. The number of H-pyrrole nitrogens is 1. The normalized spacial score (nSPS) is 20.9. The molecule has 17 heavy (non-hydrogen) atoms. The van der Waals surface area contributed by atoms with Crippen LogP contribution in [0.4, 0.5) is 0 Å². The molecule has 2 heterocycles. The van der Waals surface area contributed by atoms with Crippen LogP contribution >= 0.6 is 0 Å². The van der Waals surface area contributed by atoms with Crippen molar-refractivity contribution in [1.29, 1.82) is 0 Å². The van der Waals surface area contributed by atoms with E-state index in [1.165, 1.54) is 5.56 Å². The number of nitrogens with zero attached hydrogens (tertiary/aromatic N) is 3. The van der Waals surface area contributed by atoms with Crippen molar-refractivity contribution in [2.24, 2.45) is 5.73 Å². The number of hydrogen-bond acceptors (Lipinski definition) is 4. The van der Waals surface area contributed by atoms with Crippen molar-refractivity contribution in [1.82, 2.24) is 20.4 Å². The highest BCUT2D eigenvalue weighted by Gasteiger charge is 2.28. The molecular formula is C12H15N5. The van der Waals surface area contributed by atoms with Crippen molar-refractivity contribution in [3.05, 3.63) is 41.5 Å². The van der Waals surface area contributed by atoms with E-state index in [4.69, 9.17) is 5.73 Å². The van der Waals surface area contributed by atoms with Gasteiger partial charge in [0.05, 0.1) is 17.9 Å². The minimum atomic E-state index is -0.123.